The zero-order valence-electron chi connectivity index (χ0n) is 8.63. The fourth-order valence-electron chi connectivity index (χ4n) is 1.56. The standard InChI is InChI=1S/C10H16N2O2/c1-3-8-7(5-6-10(13)14)9(4-2)12-11-8/h3-6H2,1-2H3,(H,11,12)(H,13,14). The Morgan fingerprint density at radius 1 is 1.43 bits per heavy atom. The lowest BCUT2D eigenvalue weighted by Gasteiger charge is -2.00. The summed E-state index contributed by atoms with van der Waals surface area (Å²) in [5.74, 6) is -0.754. The maximum atomic E-state index is 10.5. The van der Waals surface area contributed by atoms with Gasteiger partial charge in [-0.05, 0) is 24.8 Å². The predicted octanol–water partition coefficient (Wildman–Crippen LogP) is 1.55. The molecule has 1 aromatic rings. The summed E-state index contributed by atoms with van der Waals surface area (Å²) >= 11 is 0. The molecular weight excluding hydrogens is 180 g/mol. The molecule has 0 aliphatic carbocycles. The first-order valence-electron chi connectivity index (χ1n) is 4.95. The van der Waals surface area contributed by atoms with Crippen LogP contribution >= 0.6 is 0 Å². The molecule has 0 amide bonds. The number of aryl methyl sites for hydroxylation is 2. The summed E-state index contributed by atoms with van der Waals surface area (Å²) in [5.41, 5.74) is 3.17. The first kappa shape index (κ1) is 10.8. The van der Waals surface area contributed by atoms with E-state index in [4.69, 9.17) is 5.11 Å². The normalized spacial score (nSPS) is 10.4. The number of nitrogens with one attached hydrogen (secondary N) is 1. The molecule has 0 atom stereocenters. The number of H-pyrrole nitrogens is 1. The second-order valence-corrected chi connectivity index (χ2v) is 3.23. The minimum atomic E-state index is -0.754. The highest BCUT2D eigenvalue weighted by Gasteiger charge is 2.11. The van der Waals surface area contributed by atoms with Crippen LogP contribution in [-0.2, 0) is 24.1 Å². The summed E-state index contributed by atoms with van der Waals surface area (Å²) in [6.07, 6.45) is 2.49. The molecule has 0 saturated heterocycles. The number of aromatic amines is 1. The third-order valence-electron chi connectivity index (χ3n) is 2.32. The third-order valence-corrected chi connectivity index (χ3v) is 2.32. The Morgan fingerprint density at radius 3 is 2.64 bits per heavy atom. The minimum absolute atomic E-state index is 0.180. The molecule has 0 aromatic carbocycles. The summed E-state index contributed by atoms with van der Waals surface area (Å²) in [4.78, 5) is 10.5. The number of carboxylic acid groups (broad SMARTS) is 1. The van der Waals surface area contributed by atoms with E-state index in [1.807, 2.05) is 13.8 Å². The van der Waals surface area contributed by atoms with Gasteiger partial charge in [0.25, 0.3) is 0 Å². The van der Waals surface area contributed by atoms with E-state index in [-0.39, 0.29) is 6.42 Å². The van der Waals surface area contributed by atoms with Crippen LogP contribution in [0.1, 0.15) is 37.2 Å². The zero-order chi connectivity index (χ0) is 10.6. The van der Waals surface area contributed by atoms with E-state index in [2.05, 4.69) is 10.2 Å². The molecule has 0 bridgehead atoms. The van der Waals surface area contributed by atoms with Gasteiger partial charge in [0.2, 0.25) is 0 Å². The molecular formula is C10H16N2O2. The molecule has 4 nitrogen and oxygen atoms in total. The van der Waals surface area contributed by atoms with Crippen LogP contribution in [-0.4, -0.2) is 21.3 Å². The van der Waals surface area contributed by atoms with Gasteiger partial charge in [0.15, 0.2) is 0 Å². The van der Waals surface area contributed by atoms with Gasteiger partial charge in [-0.1, -0.05) is 13.8 Å². The van der Waals surface area contributed by atoms with Crippen LogP contribution in [0, 0.1) is 0 Å². The number of aromatic nitrogens is 2. The number of carbonyl (C=O) groups is 1. The van der Waals surface area contributed by atoms with E-state index >= 15 is 0 Å². The van der Waals surface area contributed by atoms with Gasteiger partial charge in [-0.25, -0.2) is 0 Å². The molecule has 14 heavy (non-hydrogen) atoms. The van der Waals surface area contributed by atoms with E-state index in [0.717, 1.165) is 29.8 Å². The van der Waals surface area contributed by atoms with Crippen molar-refractivity contribution >= 4 is 5.97 Å². The number of carboxylic acids is 1. The number of aliphatic carboxylic acids is 1. The third kappa shape index (κ3) is 2.34. The minimum Gasteiger partial charge on any atom is -0.481 e. The van der Waals surface area contributed by atoms with Gasteiger partial charge in [0.05, 0.1) is 5.69 Å². The van der Waals surface area contributed by atoms with Gasteiger partial charge in [0, 0.05) is 12.1 Å². The molecule has 1 rings (SSSR count). The van der Waals surface area contributed by atoms with Gasteiger partial charge in [-0.3, -0.25) is 9.89 Å². The molecule has 0 unspecified atom stereocenters. The predicted molar refractivity (Wildman–Crippen MR) is 53.3 cm³/mol. The van der Waals surface area contributed by atoms with Crippen LogP contribution in [0.3, 0.4) is 0 Å². The van der Waals surface area contributed by atoms with Crippen LogP contribution in [0.25, 0.3) is 0 Å². The van der Waals surface area contributed by atoms with Crippen molar-refractivity contribution in [2.24, 2.45) is 0 Å². The maximum Gasteiger partial charge on any atom is 0.303 e. The van der Waals surface area contributed by atoms with E-state index in [1.165, 1.54) is 0 Å². The van der Waals surface area contributed by atoms with Crippen molar-refractivity contribution in [1.82, 2.24) is 10.2 Å². The fourth-order valence-corrected chi connectivity index (χ4v) is 1.56. The Labute approximate surface area is 83.3 Å². The lowest BCUT2D eigenvalue weighted by molar-refractivity contribution is -0.136. The topological polar surface area (TPSA) is 66.0 Å². The van der Waals surface area contributed by atoms with Crippen molar-refractivity contribution in [2.45, 2.75) is 39.5 Å². The van der Waals surface area contributed by atoms with Crippen LogP contribution < -0.4 is 0 Å². The number of nitrogens with zero attached hydrogens (tertiary/aromatic N) is 1. The molecule has 0 radical (unpaired) electrons. The zero-order valence-corrected chi connectivity index (χ0v) is 8.63. The van der Waals surface area contributed by atoms with Crippen molar-refractivity contribution in [3.63, 3.8) is 0 Å². The van der Waals surface area contributed by atoms with Crippen molar-refractivity contribution in [3.05, 3.63) is 17.0 Å². The number of rotatable bonds is 5. The summed E-state index contributed by atoms with van der Waals surface area (Å²) < 4.78 is 0. The lowest BCUT2D eigenvalue weighted by Crippen LogP contribution is -2.01. The molecule has 78 valence electrons. The quantitative estimate of drug-likeness (QED) is 0.750. The molecule has 1 heterocycles. The SMILES string of the molecule is CCc1n[nH]c(CC)c1CCC(=O)O. The second-order valence-electron chi connectivity index (χ2n) is 3.23. The van der Waals surface area contributed by atoms with Crippen molar-refractivity contribution in [3.8, 4) is 0 Å². The number of hydrogen-bond donors (Lipinski definition) is 2. The molecule has 0 aliphatic rings. The highest BCUT2D eigenvalue weighted by Crippen LogP contribution is 2.14. The van der Waals surface area contributed by atoms with E-state index in [9.17, 15) is 4.79 Å². The van der Waals surface area contributed by atoms with E-state index in [0.29, 0.717) is 6.42 Å². The maximum absolute atomic E-state index is 10.5. The van der Waals surface area contributed by atoms with Crippen LogP contribution in [0.5, 0.6) is 0 Å². The summed E-state index contributed by atoms with van der Waals surface area (Å²) in [6, 6.07) is 0. The largest absolute Gasteiger partial charge is 0.481 e. The fraction of sp³-hybridized carbons (Fsp3) is 0.600. The van der Waals surface area contributed by atoms with Gasteiger partial charge >= 0.3 is 5.97 Å². The average molecular weight is 196 g/mol. The van der Waals surface area contributed by atoms with Crippen LogP contribution in [0.2, 0.25) is 0 Å². The van der Waals surface area contributed by atoms with Gasteiger partial charge in [-0.2, -0.15) is 5.10 Å². The Balaban J connectivity index is 2.80. The Kier molecular flexibility index (Phi) is 3.68. The Bertz CT molecular complexity index is 296. The molecule has 4 heteroatoms. The van der Waals surface area contributed by atoms with Crippen molar-refractivity contribution < 1.29 is 9.90 Å². The first-order chi connectivity index (χ1) is 6.69. The van der Waals surface area contributed by atoms with Crippen molar-refractivity contribution in [1.29, 1.82) is 0 Å². The highest BCUT2D eigenvalue weighted by atomic mass is 16.4. The van der Waals surface area contributed by atoms with E-state index < -0.39 is 5.97 Å². The monoisotopic (exact) mass is 196 g/mol. The Morgan fingerprint density at radius 2 is 2.14 bits per heavy atom. The number of hydrogen-bond acceptors (Lipinski definition) is 2. The highest BCUT2D eigenvalue weighted by molar-refractivity contribution is 5.67. The molecule has 0 aliphatic heterocycles. The second kappa shape index (κ2) is 4.79. The average Bonchev–Trinajstić information content (AvgIpc) is 2.56. The van der Waals surface area contributed by atoms with Gasteiger partial charge in [0.1, 0.15) is 0 Å². The van der Waals surface area contributed by atoms with Crippen molar-refractivity contribution in [2.75, 3.05) is 0 Å². The smallest absolute Gasteiger partial charge is 0.303 e. The molecule has 0 spiro atoms. The van der Waals surface area contributed by atoms with Gasteiger partial charge in [-0.15, -0.1) is 0 Å². The van der Waals surface area contributed by atoms with Crippen LogP contribution in [0.4, 0.5) is 0 Å². The summed E-state index contributed by atoms with van der Waals surface area (Å²) in [5, 5.41) is 15.7. The first-order valence-corrected chi connectivity index (χ1v) is 4.95. The Hall–Kier alpha value is -1.32. The molecule has 0 fully saturated rings. The van der Waals surface area contributed by atoms with E-state index in [1.54, 1.807) is 0 Å². The van der Waals surface area contributed by atoms with Crippen LogP contribution in [0.15, 0.2) is 0 Å². The molecule has 0 saturated carbocycles. The summed E-state index contributed by atoms with van der Waals surface area (Å²) in [7, 11) is 0. The van der Waals surface area contributed by atoms with Gasteiger partial charge < -0.3 is 5.11 Å². The molecule has 2 N–H and O–H groups in total. The summed E-state index contributed by atoms with van der Waals surface area (Å²) in [6.45, 7) is 4.07. The lowest BCUT2D eigenvalue weighted by atomic mass is 10.0. The molecule has 1 aromatic heterocycles.